The van der Waals surface area contributed by atoms with E-state index in [0.717, 1.165) is 44.3 Å². The number of hydrogen-bond acceptors (Lipinski definition) is 8. The Morgan fingerprint density at radius 1 is 0.288 bits per heavy atom. The van der Waals surface area contributed by atoms with Crippen LogP contribution in [0.5, 0.6) is 17.2 Å². The van der Waals surface area contributed by atoms with Crippen LogP contribution in [0.3, 0.4) is 0 Å². The summed E-state index contributed by atoms with van der Waals surface area (Å²) in [7, 11) is 0. The summed E-state index contributed by atoms with van der Waals surface area (Å²) in [5.41, 5.74) is 11.8. The Labute approximate surface area is 436 Å². The third kappa shape index (κ3) is 23.5. The molecule has 5 N–H and O–H groups in total. The van der Waals surface area contributed by atoms with Crippen molar-refractivity contribution in [2.45, 2.75) is 81.1 Å². The van der Waals surface area contributed by atoms with Crippen molar-refractivity contribution in [3.8, 4) is 50.9 Å². The average molecular weight is 976 g/mol. The van der Waals surface area contributed by atoms with Crippen LogP contribution >= 0.6 is 0 Å². The molecule has 380 valence electrons. The van der Waals surface area contributed by atoms with Gasteiger partial charge in [-0.25, -0.2) is 0 Å². The molecule has 0 aliphatic carbocycles. The fraction of sp³-hybridized carbons (Fsp3) is 0.215. The molecule has 0 bridgehead atoms. The lowest BCUT2D eigenvalue weighted by Gasteiger charge is -2.08. The minimum Gasteiger partial charge on any atom is -0.508 e. The number of nitrogens with zero attached hydrogens (tertiary/aromatic N) is 3. The molecular formula is C65H77N5O3. The smallest absolute Gasteiger partial charge is 0.228 e. The summed E-state index contributed by atoms with van der Waals surface area (Å²) in [6, 6.07) is 71.4. The van der Waals surface area contributed by atoms with Gasteiger partial charge in [-0.15, -0.1) is 0 Å². The van der Waals surface area contributed by atoms with Crippen molar-refractivity contribution < 1.29 is 15.3 Å². The Morgan fingerprint density at radius 2 is 0.521 bits per heavy atom. The highest BCUT2D eigenvalue weighted by Crippen LogP contribution is 2.22. The molecule has 0 amide bonds. The number of rotatable bonds is 11. The summed E-state index contributed by atoms with van der Waals surface area (Å²) >= 11 is 0. The van der Waals surface area contributed by atoms with Crippen LogP contribution < -0.4 is 10.6 Å². The number of phenols is 3. The van der Waals surface area contributed by atoms with Crippen molar-refractivity contribution in [1.29, 1.82) is 0 Å². The molecule has 9 rings (SSSR count). The van der Waals surface area contributed by atoms with Crippen molar-refractivity contribution in [1.82, 2.24) is 15.0 Å². The van der Waals surface area contributed by atoms with Crippen LogP contribution in [0.1, 0.15) is 77.6 Å². The molecule has 0 fully saturated rings. The number of nitrogens with one attached hydrogen (secondary N) is 2. The van der Waals surface area contributed by atoms with Crippen LogP contribution in [0, 0.1) is 0 Å². The molecule has 8 heteroatoms. The van der Waals surface area contributed by atoms with Crippen LogP contribution in [0.25, 0.3) is 33.6 Å². The highest BCUT2D eigenvalue weighted by atomic mass is 16.3. The molecular weight excluding hydrogens is 899 g/mol. The van der Waals surface area contributed by atoms with Crippen molar-refractivity contribution in [3.05, 3.63) is 241 Å². The Morgan fingerprint density at radius 3 is 0.712 bits per heavy atom. The van der Waals surface area contributed by atoms with Crippen LogP contribution in [-0.2, 0) is 25.7 Å². The van der Waals surface area contributed by atoms with E-state index in [-0.39, 0.29) is 0 Å². The lowest BCUT2D eigenvalue weighted by molar-refractivity contribution is 0.475. The van der Waals surface area contributed by atoms with Gasteiger partial charge in [0.2, 0.25) is 11.9 Å². The van der Waals surface area contributed by atoms with Gasteiger partial charge in [-0.3, -0.25) is 0 Å². The monoisotopic (exact) mass is 976 g/mol. The maximum Gasteiger partial charge on any atom is 0.228 e. The van der Waals surface area contributed by atoms with E-state index < -0.39 is 0 Å². The van der Waals surface area contributed by atoms with Crippen LogP contribution in [0.15, 0.2) is 218 Å². The average Bonchev–Trinajstić information content (AvgIpc) is 3.45. The zero-order valence-electron chi connectivity index (χ0n) is 44.2. The van der Waals surface area contributed by atoms with Gasteiger partial charge in [0.15, 0.2) is 5.82 Å². The van der Waals surface area contributed by atoms with Crippen LogP contribution in [0.2, 0.25) is 0 Å². The zero-order valence-corrected chi connectivity index (χ0v) is 44.2. The maximum absolute atomic E-state index is 8.63. The van der Waals surface area contributed by atoms with E-state index in [1.807, 2.05) is 76.2 Å². The van der Waals surface area contributed by atoms with E-state index in [2.05, 4.69) is 150 Å². The summed E-state index contributed by atoms with van der Waals surface area (Å²) in [6.07, 6.45) is 4.42. The zero-order chi connectivity index (χ0) is 52.9. The molecule has 8 aromatic carbocycles. The molecule has 73 heavy (non-hydrogen) atoms. The molecule has 1 aromatic heterocycles. The molecule has 0 aliphatic rings. The Kier molecular flexibility index (Phi) is 29.0. The van der Waals surface area contributed by atoms with Crippen LogP contribution in [-0.4, -0.2) is 43.4 Å². The van der Waals surface area contributed by atoms with Gasteiger partial charge in [0, 0.05) is 18.7 Å². The third-order valence-electron chi connectivity index (χ3n) is 10.7. The standard InChI is InChI=1S/2C16H18.C13H17N5.3C6H6O.C2H6/c2*1-3-13-5-9-15(10-6-13)16-11-7-14(4-2)8-12-16;1-3-14-12-16-11(10-8-6-5-7-9-10)17-13(18-12)15-4-2;3*7-6-4-2-1-3-5-6;1-2/h2*5-12H,3-4H2,1-2H3;5-9H,3-4H2,1-2H3,(H2,14,15,16,17,18);3*1-5,7H;1-2H3. The minimum absolute atomic E-state index is 0.322. The van der Waals surface area contributed by atoms with E-state index >= 15 is 0 Å². The summed E-state index contributed by atoms with van der Waals surface area (Å²) in [5, 5.41) is 32.1. The number of phenolic OH excluding ortho intramolecular Hbond substituents is 3. The lowest BCUT2D eigenvalue weighted by atomic mass is 10.0. The first kappa shape index (κ1) is 59.1. The van der Waals surface area contributed by atoms with Gasteiger partial charge in [-0.1, -0.05) is 224 Å². The number of aromatic hydroxyl groups is 3. The van der Waals surface area contributed by atoms with Gasteiger partial charge in [0.05, 0.1) is 0 Å². The SMILES string of the molecule is CC.CCNc1nc(NCC)nc(-c2ccccc2)n1.CCc1ccc(-c2ccc(CC)cc2)cc1.CCc1ccc(-c2ccc(CC)cc2)cc1.Oc1ccccc1.Oc1ccccc1.Oc1ccccc1. The first-order chi connectivity index (χ1) is 35.7. The quantitative estimate of drug-likeness (QED) is 0.0868. The van der Waals surface area contributed by atoms with E-state index in [4.69, 9.17) is 15.3 Å². The normalized spacial score (nSPS) is 9.59. The molecule has 0 spiro atoms. The number of hydrogen-bond donors (Lipinski definition) is 5. The van der Waals surface area contributed by atoms with Crippen molar-refractivity contribution in [2.24, 2.45) is 0 Å². The molecule has 0 atom stereocenters. The van der Waals surface area contributed by atoms with E-state index in [0.29, 0.717) is 35.0 Å². The molecule has 8 nitrogen and oxygen atoms in total. The number of para-hydroxylation sites is 3. The predicted molar refractivity (Wildman–Crippen MR) is 311 cm³/mol. The van der Waals surface area contributed by atoms with Gasteiger partial charge >= 0.3 is 0 Å². The van der Waals surface area contributed by atoms with Gasteiger partial charge in [0.1, 0.15) is 17.2 Å². The van der Waals surface area contributed by atoms with Gasteiger partial charge in [0.25, 0.3) is 0 Å². The molecule has 0 saturated carbocycles. The van der Waals surface area contributed by atoms with Crippen molar-refractivity contribution >= 4 is 11.9 Å². The largest absolute Gasteiger partial charge is 0.508 e. The van der Waals surface area contributed by atoms with Crippen LogP contribution in [0.4, 0.5) is 11.9 Å². The topological polar surface area (TPSA) is 123 Å². The summed E-state index contributed by atoms with van der Waals surface area (Å²) < 4.78 is 0. The highest BCUT2D eigenvalue weighted by Gasteiger charge is 2.07. The lowest BCUT2D eigenvalue weighted by Crippen LogP contribution is -2.09. The number of aryl methyl sites for hydroxylation is 4. The summed E-state index contributed by atoms with van der Waals surface area (Å²) in [5.74, 6) is 2.84. The minimum atomic E-state index is 0.322. The number of aromatic nitrogens is 3. The van der Waals surface area contributed by atoms with Gasteiger partial charge in [-0.2, -0.15) is 15.0 Å². The first-order valence-electron chi connectivity index (χ1n) is 25.6. The Balaban J connectivity index is 0.000000239. The van der Waals surface area contributed by atoms with Gasteiger partial charge in [-0.05, 0) is 120 Å². The molecule has 0 radical (unpaired) electrons. The molecule has 9 aromatic rings. The molecule has 1 heterocycles. The fourth-order valence-corrected chi connectivity index (χ4v) is 6.58. The third-order valence-corrected chi connectivity index (χ3v) is 10.7. The Hall–Kier alpha value is -8.23. The first-order valence-corrected chi connectivity index (χ1v) is 25.6. The van der Waals surface area contributed by atoms with Crippen molar-refractivity contribution in [3.63, 3.8) is 0 Å². The fourth-order valence-electron chi connectivity index (χ4n) is 6.58. The number of benzene rings is 8. The second kappa shape index (κ2) is 35.8. The summed E-state index contributed by atoms with van der Waals surface area (Å²) in [4.78, 5) is 13.1. The van der Waals surface area contributed by atoms with E-state index in [9.17, 15) is 0 Å². The summed E-state index contributed by atoms with van der Waals surface area (Å²) in [6.45, 7) is 18.3. The molecule has 0 unspecified atom stereocenters. The molecule has 0 saturated heterocycles. The highest BCUT2D eigenvalue weighted by molar-refractivity contribution is 5.65. The predicted octanol–water partition coefficient (Wildman–Crippen LogP) is 16.6. The Bertz CT molecular complexity index is 2450. The second-order valence-corrected chi connectivity index (χ2v) is 15.9. The van der Waals surface area contributed by atoms with Gasteiger partial charge < -0.3 is 26.0 Å². The molecule has 0 aliphatic heterocycles. The maximum atomic E-state index is 8.63. The number of anilines is 2. The van der Waals surface area contributed by atoms with Crippen molar-refractivity contribution in [2.75, 3.05) is 23.7 Å². The second-order valence-electron chi connectivity index (χ2n) is 15.9. The van der Waals surface area contributed by atoms with E-state index in [1.165, 1.54) is 44.5 Å². The van der Waals surface area contributed by atoms with E-state index in [1.54, 1.807) is 72.8 Å².